The van der Waals surface area contributed by atoms with E-state index in [1.807, 2.05) is 0 Å². The number of hydrogen-bond acceptors (Lipinski definition) is 2. The normalized spacial score (nSPS) is 22.5. The molecule has 2 N–H and O–H groups in total. The summed E-state index contributed by atoms with van der Waals surface area (Å²) in [6, 6.07) is 6.56. The van der Waals surface area contributed by atoms with Crippen molar-refractivity contribution in [1.29, 1.82) is 0 Å². The molecular weight excluding hydrogens is 288 g/mol. The second-order valence-corrected chi connectivity index (χ2v) is 6.92. The predicted octanol–water partition coefficient (Wildman–Crippen LogP) is 3.71. The lowest BCUT2D eigenvalue weighted by Crippen LogP contribution is -2.38. The van der Waals surface area contributed by atoms with Crippen LogP contribution in [0.4, 0.5) is 5.69 Å². The minimum absolute atomic E-state index is 0.235. The van der Waals surface area contributed by atoms with Crippen LogP contribution in [-0.2, 0) is 0 Å². The van der Waals surface area contributed by atoms with E-state index in [9.17, 15) is 0 Å². The van der Waals surface area contributed by atoms with Gasteiger partial charge in [-0.25, -0.2) is 0 Å². The number of hydrogen-bond donors (Lipinski definition) is 1. The summed E-state index contributed by atoms with van der Waals surface area (Å²) >= 11 is 3.54. The number of nitrogens with two attached hydrogens (primary N) is 1. The van der Waals surface area contributed by atoms with Crippen molar-refractivity contribution in [1.82, 2.24) is 0 Å². The Labute approximate surface area is 119 Å². The van der Waals surface area contributed by atoms with Crippen molar-refractivity contribution < 1.29 is 0 Å². The zero-order chi connectivity index (χ0) is 13.3. The van der Waals surface area contributed by atoms with Gasteiger partial charge in [0.1, 0.15) is 0 Å². The largest absolute Gasteiger partial charge is 0.366 e. The molecule has 2 rings (SSSR count). The molecule has 1 aliphatic heterocycles. The van der Waals surface area contributed by atoms with E-state index in [-0.39, 0.29) is 5.54 Å². The highest BCUT2D eigenvalue weighted by atomic mass is 79.9. The maximum atomic E-state index is 5.71. The van der Waals surface area contributed by atoms with Crippen LogP contribution in [0, 0.1) is 12.8 Å². The van der Waals surface area contributed by atoms with Gasteiger partial charge in [-0.15, -0.1) is 0 Å². The molecule has 1 aromatic rings. The van der Waals surface area contributed by atoms with Crippen LogP contribution in [0.2, 0.25) is 0 Å². The van der Waals surface area contributed by atoms with Gasteiger partial charge in [0.2, 0.25) is 0 Å². The summed E-state index contributed by atoms with van der Waals surface area (Å²) in [5, 5.41) is 0. The fourth-order valence-corrected chi connectivity index (χ4v) is 3.64. The first kappa shape index (κ1) is 13.9. The molecule has 0 radical (unpaired) electrons. The average molecular weight is 311 g/mol. The Balaban J connectivity index is 2.26. The molecule has 1 fully saturated rings. The smallest absolute Gasteiger partial charge is 0.0401 e. The number of halogens is 1. The maximum absolute atomic E-state index is 5.71. The fourth-order valence-electron chi connectivity index (χ4n) is 3.16. The lowest BCUT2D eigenvalue weighted by molar-refractivity contribution is 0.458. The molecule has 1 unspecified atom stereocenters. The van der Waals surface area contributed by atoms with Crippen LogP contribution < -0.4 is 10.6 Å². The van der Waals surface area contributed by atoms with Gasteiger partial charge in [0.15, 0.2) is 0 Å². The third-order valence-corrected chi connectivity index (χ3v) is 4.48. The van der Waals surface area contributed by atoms with E-state index < -0.39 is 0 Å². The molecule has 0 bridgehead atoms. The molecule has 0 aliphatic carbocycles. The van der Waals surface area contributed by atoms with Crippen LogP contribution in [0.25, 0.3) is 0 Å². The van der Waals surface area contributed by atoms with E-state index in [4.69, 9.17) is 5.73 Å². The average Bonchev–Trinajstić information content (AvgIpc) is 2.54. The van der Waals surface area contributed by atoms with Crippen molar-refractivity contribution in [2.24, 2.45) is 11.7 Å². The molecule has 1 aliphatic rings. The molecule has 1 atom stereocenters. The van der Waals surface area contributed by atoms with E-state index in [2.05, 4.69) is 59.8 Å². The lowest BCUT2D eigenvalue weighted by Gasteiger charge is -2.34. The number of nitrogens with zero attached hydrogens (tertiary/aromatic N) is 1. The molecule has 2 nitrogen and oxygen atoms in total. The highest BCUT2D eigenvalue weighted by Crippen LogP contribution is 2.39. The van der Waals surface area contributed by atoms with Crippen molar-refractivity contribution in [3.8, 4) is 0 Å². The minimum atomic E-state index is 0.235. The quantitative estimate of drug-likeness (QED) is 0.922. The molecule has 1 saturated heterocycles. The first-order valence-corrected chi connectivity index (χ1v) is 7.47. The van der Waals surface area contributed by atoms with E-state index in [0.717, 1.165) is 29.9 Å². The van der Waals surface area contributed by atoms with E-state index >= 15 is 0 Å². The number of benzene rings is 1. The second kappa shape index (κ2) is 5.22. The van der Waals surface area contributed by atoms with Gasteiger partial charge < -0.3 is 10.6 Å². The molecule has 0 aromatic heterocycles. The van der Waals surface area contributed by atoms with Crippen LogP contribution >= 0.6 is 15.9 Å². The zero-order valence-electron chi connectivity index (χ0n) is 11.5. The first-order chi connectivity index (χ1) is 8.44. The summed E-state index contributed by atoms with van der Waals surface area (Å²) in [5.74, 6) is 0.730. The molecule has 0 spiro atoms. The molecule has 100 valence electrons. The van der Waals surface area contributed by atoms with Gasteiger partial charge in [0.25, 0.3) is 0 Å². The molecule has 0 saturated carbocycles. The Morgan fingerprint density at radius 3 is 2.78 bits per heavy atom. The van der Waals surface area contributed by atoms with Gasteiger partial charge in [0.05, 0.1) is 0 Å². The van der Waals surface area contributed by atoms with Crippen LogP contribution in [0.15, 0.2) is 22.7 Å². The third-order valence-electron chi connectivity index (χ3n) is 3.98. The number of aryl methyl sites for hydroxylation is 1. The Kier molecular flexibility index (Phi) is 4.02. The van der Waals surface area contributed by atoms with Crippen molar-refractivity contribution in [2.45, 2.75) is 39.2 Å². The Hall–Kier alpha value is -0.540. The van der Waals surface area contributed by atoms with Gasteiger partial charge in [-0.3, -0.25) is 0 Å². The van der Waals surface area contributed by atoms with Crippen molar-refractivity contribution in [2.75, 3.05) is 18.0 Å². The van der Waals surface area contributed by atoms with Gasteiger partial charge in [-0.1, -0.05) is 15.9 Å². The molecule has 18 heavy (non-hydrogen) atoms. The fraction of sp³-hybridized carbons (Fsp3) is 0.600. The van der Waals surface area contributed by atoms with E-state index in [0.29, 0.717) is 0 Å². The summed E-state index contributed by atoms with van der Waals surface area (Å²) < 4.78 is 1.15. The van der Waals surface area contributed by atoms with Crippen molar-refractivity contribution in [3.05, 3.63) is 28.2 Å². The molecule has 3 heteroatoms. The van der Waals surface area contributed by atoms with E-state index in [1.165, 1.54) is 17.7 Å². The van der Waals surface area contributed by atoms with Crippen molar-refractivity contribution in [3.63, 3.8) is 0 Å². The minimum Gasteiger partial charge on any atom is -0.366 e. The second-order valence-electron chi connectivity index (χ2n) is 6.00. The Morgan fingerprint density at radius 2 is 2.17 bits per heavy atom. The van der Waals surface area contributed by atoms with Crippen LogP contribution in [-0.4, -0.2) is 18.6 Å². The highest BCUT2D eigenvalue weighted by molar-refractivity contribution is 9.10. The molecule has 1 aromatic carbocycles. The number of rotatable bonds is 3. The topological polar surface area (TPSA) is 29.3 Å². The van der Waals surface area contributed by atoms with Gasteiger partial charge >= 0.3 is 0 Å². The van der Waals surface area contributed by atoms with Gasteiger partial charge in [-0.2, -0.15) is 0 Å². The van der Waals surface area contributed by atoms with Crippen LogP contribution in [0.1, 0.15) is 32.3 Å². The third kappa shape index (κ3) is 2.72. The van der Waals surface area contributed by atoms with Gasteiger partial charge in [0, 0.05) is 22.2 Å². The summed E-state index contributed by atoms with van der Waals surface area (Å²) in [7, 11) is 0. The summed E-state index contributed by atoms with van der Waals surface area (Å²) in [4.78, 5) is 2.55. The Bertz CT molecular complexity index is 429. The summed E-state index contributed by atoms with van der Waals surface area (Å²) in [5.41, 5.74) is 8.64. The lowest BCUT2D eigenvalue weighted by atomic mass is 9.94. The van der Waals surface area contributed by atoms with Gasteiger partial charge in [-0.05, 0) is 69.8 Å². The highest BCUT2D eigenvalue weighted by Gasteiger charge is 2.38. The first-order valence-electron chi connectivity index (χ1n) is 6.68. The standard InChI is InChI=1S/C15H23BrN2/c1-11-8-13(16)4-5-14(11)18-10-12(6-7-17)9-15(18,2)3/h4-5,8,12H,6-7,9-10,17H2,1-3H3. The monoisotopic (exact) mass is 310 g/mol. The summed E-state index contributed by atoms with van der Waals surface area (Å²) in [6.07, 6.45) is 2.37. The maximum Gasteiger partial charge on any atom is 0.0401 e. The van der Waals surface area contributed by atoms with E-state index in [1.54, 1.807) is 0 Å². The summed E-state index contributed by atoms with van der Waals surface area (Å²) in [6.45, 7) is 8.79. The molecule has 0 amide bonds. The van der Waals surface area contributed by atoms with Crippen LogP contribution in [0.5, 0.6) is 0 Å². The molecular formula is C15H23BrN2. The Morgan fingerprint density at radius 1 is 1.44 bits per heavy atom. The van der Waals surface area contributed by atoms with Crippen molar-refractivity contribution >= 4 is 21.6 Å². The SMILES string of the molecule is Cc1cc(Br)ccc1N1CC(CCN)CC1(C)C. The number of anilines is 1. The zero-order valence-corrected chi connectivity index (χ0v) is 13.1. The molecule has 1 heterocycles. The predicted molar refractivity (Wildman–Crippen MR) is 82.1 cm³/mol. The van der Waals surface area contributed by atoms with Crippen LogP contribution in [0.3, 0.4) is 0 Å².